The highest BCUT2D eigenvalue weighted by Gasteiger charge is 2.24. The Morgan fingerprint density at radius 3 is 3.04 bits per heavy atom. The van der Waals surface area contributed by atoms with E-state index in [1.807, 2.05) is 4.90 Å². The first-order chi connectivity index (χ1) is 11.7. The largest absolute Gasteiger partial charge is 0.337 e. The van der Waals surface area contributed by atoms with Crippen LogP contribution in [0.2, 0.25) is 0 Å². The number of aromatic nitrogens is 2. The highest BCUT2D eigenvalue weighted by atomic mass is 32.1. The summed E-state index contributed by atoms with van der Waals surface area (Å²) < 4.78 is 0. The average molecular weight is 342 g/mol. The van der Waals surface area contributed by atoms with E-state index in [-0.39, 0.29) is 11.8 Å². The zero-order chi connectivity index (χ0) is 16.9. The molecule has 2 aromatic rings. The monoisotopic (exact) mass is 342 g/mol. The van der Waals surface area contributed by atoms with Gasteiger partial charge < -0.3 is 4.90 Å². The second kappa shape index (κ2) is 7.35. The highest BCUT2D eigenvalue weighted by molar-refractivity contribution is 7.15. The third-order valence-corrected chi connectivity index (χ3v) is 4.76. The Balaban J connectivity index is 1.66. The summed E-state index contributed by atoms with van der Waals surface area (Å²) in [4.78, 5) is 35.6. The second-order valence-electron chi connectivity index (χ2n) is 5.45. The maximum absolute atomic E-state index is 12.1. The van der Waals surface area contributed by atoms with Crippen LogP contribution in [0.1, 0.15) is 33.9 Å². The van der Waals surface area contributed by atoms with Crippen molar-refractivity contribution < 1.29 is 9.59 Å². The molecule has 0 atom stereocenters. The predicted molar refractivity (Wildman–Crippen MR) is 92.9 cm³/mol. The van der Waals surface area contributed by atoms with Crippen LogP contribution in [0.4, 0.5) is 5.13 Å². The molecule has 1 aliphatic rings. The summed E-state index contributed by atoms with van der Waals surface area (Å²) in [6.07, 6.45) is 5.22. The van der Waals surface area contributed by atoms with Gasteiger partial charge in [0.15, 0.2) is 5.13 Å². The van der Waals surface area contributed by atoms with Crippen LogP contribution in [0.25, 0.3) is 0 Å². The van der Waals surface area contributed by atoms with Gasteiger partial charge in [-0.2, -0.15) is 0 Å². The van der Waals surface area contributed by atoms with Crippen molar-refractivity contribution in [2.45, 2.75) is 25.8 Å². The number of amides is 2. The van der Waals surface area contributed by atoms with Crippen molar-refractivity contribution in [3.8, 4) is 0 Å². The lowest BCUT2D eigenvalue weighted by Gasteiger charge is -2.25. The van der Waals surface area contributed by atoms with Gasteiger partial charge in [-0.1, -0.05) is 23.5 Å². The van der Waals surface area contributed by atoms with E-state index >= 15 is 0 Å². The van der Waals surface area contributed by atoms with Crippen LogP contribution in [0.15, 0.2) is 37.1 Å². The van der Waals surface area contributed by atoms with Crippen LogP contribution in [-0.2, 0) is 17.8 Å². The van der Waals surface area contributed by atoms with E-state index in [4.69, 9.17) is 0 Å². The molecule has 3 heterocycles. The second-order valence-corrected chi connectivity index (χ2v) is 6.53. The minimum absolute atomic E-state index is 0.132. The van der Waals surface area contributed by atoms with Crippen molar-refractivity contribution in [3.05, 3.63) is 53.3 Å². The zero-order valence-corrected chi connectivity index (χ0v) is 14.0. The van der Waals surface area contributed by atoms with Crippen molar-refractivity contribution in [2.24, 2.45) is 0 Å². The van der Waals surface area contributed by atoms with Gasteiger partial charge in [-0.15, -0.1) is 6.58 Å². The van der Waals surface area contributed by atoms with Gasteiger partial charge in [0.2, 0.25) is 5.91 Å². The van der Waals surface area contributed by atoms with Gasteiger partial charge in [-0.05, 0) is 18.6 Å². The molecule has 124 valence electrons. The Morgan fingerprint density at radius 1 is 1.42 bits per heavy atom. The van der Waals surface area contributed by atoms with E-state index in [1.54, 1.807) is 30.5 Å². The minimum atomic E-state index is -0.277. The number of carbonyl (C=O) groups is 2. The van der Waals surface area contributed by atoms with E-state index in [2.05, 4.69) is 21.9 Å². The molecule has 0 saturated heterocycles. The molecule has 2 amide bonds. The fourth-order valence-electron chi connectivity index (χ4n) is 2.50. The molecule has 0 bridgehead atoms. The summed E-state index contributed by atoms with van der Waals surface area (Å²) in [6, 6.07) is 5.18. The van der Waals surface area contributed by atoms with E-state index in [9.17, 15) is 9.59 Å². The molecular formula is C17H18N4O2S. The molecule has 6 nitrogen and oxygen atoms in total. The number of thiazole rings is 1. The van der Waals surface area contributed by atoms with Gasteiger partial charge in [0.05, 0.1) is 12.2 Å². The zero-order valence-electron chi connectivity index (χ0n) is 13.2. The van der Waals surface area contributed by atoms with E-state index in [0.717, 1.165) is 10.6 Å². The molecule has 0 spiro atoms. The molecule has 0 fully saturated rings. The minimum Gasteiger partial charge on any atom is -0.337 e. The van der Waals surface area contributed by atoms with Crippen LogP contribution in [0.3, 0.4) is 0 Å². The van der Waals surface area contributed by atoms with E-state index in [1.165, 1.54) is 11.3 Å². The molecule has 3 rings (SSSR count). The lowest BCUT2D eigenvalue weighted by Crippen LogP contribution is -2.35. The lowest BCUT2D eigenvalue weighted by atomic mass is 10.1. The molecule has 0 aliphatic carbocycles. The topological polar surface area (TPSA) is 75.2 Å². The number of allylic oxidation sites excluding steroid dienone is 1. The summed E-state index contributed by atoms with van der Waals surface area (Å²) >= 11 is 1.42. The Kier molecular flexibility index (Phi) is 5.00. The maximum atomic E-state index is 12.1. The van der Waals surface area contributed by atoms with Crippen molar-refractivity contribution >= 4 is 28.3 Å². The quantitative estimate of drug-likeness (QED) is 0.848. The summed E-state index contributed by atoms with van der Waals surface area (Å²) in [5.74, 6) is -0.145. The smallest absolute Gasteiger partial charge is 0.276 e. The predicted octanol–water partition coefficient (Wildman–Crippen LogP) is 2.64. The number of nitrogens with zero attached hydrogens (tertiary/aromatic N) is 3. The first-order valence-corrected chi connectivity index (χ1v) is 8.58. The van der Waals surface area contributed by atoms with Gasteiger partial charge in [-0.25, -0.2) is 4.98 Å². The molecule has 0 saturated carbocycles. The SMILES string of the molecule is C=CCCC(=O)N1CCc2nc(NC(=O)c3ccccn3)sc2C1. The highest BCUT2D eigenvalue weighted by Crippen LogP contribution is 2.28. The standard InChI is InChI=1S/C17H18N4O2S/c1-2-3-7-15(22)21-10-8-12-14(11-21)24-17(19-12)20-16(23)13-6-4-5-9-18-13/h2,4-6,9H,1,3,7-8,10-11H2,(H,19,20,23). The maximum Gasteiger partial charge on any atom is 0.276 e. The Bertz CT molecular complexity index is 757. The molecule has 7 heteroatoms. The summed E-state index contributed by atoms with van der Waals surface area (Å²) in [5, 5.41) is 3.33. The van der Waals surface area contributed by atoms with Crippen molar-refractivity contribution in [2.75, 3.05) is 11.9 Å². The number of fused-ring (bicyclic) bond motifs is 1. The number of nitrogens with one attached hydrogen (secondary N) is 1. The summed E-state index contributed by atoms with van der Waals surface area (Å²) in [7, 11) is 0. The van der Waals surface area contributed by atoms with Gasteiger partial charge in [0, 0.05) is 30.5 Å². The Hall–Kier alpha value is -2.54. The van der Waals surface area contributed by atoms with Crippen molar-refractivity contribution in [3.63, 3.8) is 0 Å². The number of pyridine rings is 1. The lowest BCUT2D eigenvalue weighted by molar-refractivity contribution is -0.132. The van der Waals surface area contributed by atoms with Gasteiger partial charge >= 0.3 is 0 Å². The third kappa shape index (κ3) is 3.68. The van der Waals surface area contributed by atoms with Crippen LogP contribution in [0, 0.1) is 0 Å². The number of hydrogen-bond acceptors (Lipinski definition) is 5. The molecule has 24 heavy (non-hydrogen) atoms. The number of rotatable bonds is 5. The summed E-state index contributed by atoms with van der Waals surface area (Å²) in [6.45, 7) is 4.87. The van der Waals surface area contributed by atoms with Crippen molar-refractivity contribution in [1.29, 1.82) is 0 Å². The van der Waals surface area contributed by atoms with Gasteiger partial charge in [0.25, 0.3) is 5.91 Å². The fraction of sp³-hybridized carbons (Fsp3) is 0.294. The van der Waals surface area contributed by atoms with Crippen LogP contribution >= 0.6 is 11.3 Å². The number of carbonyl (C=O) groups excluding carboxylic acids is 2. The van der Waals surface area contributed by atoms with Crippen molar-refractivity contribution in [1.82, 2.24) is 14.9 Å². The van der Waals surface area contributed by atoms with Crippen LogP contribution in [-0.4, -0.2) is 33.2 Å². The normalized spacial score (nSPS) is 13.2. The number of hydrogen-bond donors (Lipinski definition) is 1. The fourth-order valence-corrected chi connectivity index (χ4v) is 3.52. The average Bonchev–Trinajstić information content (AvgIpc) is 3.01. The van der Waals surface area contributed by atoms with Crippen LogP contribution in [0.5, 0.6) is 0 Å². The molecule has 2 aromatic heterocycles. The molecule has 0 aromatic carbocycles. The first kappa shape index (κ1) is 16.3. The van der Waals surface area contributed by atoms with E-state index in [0.29, 0.717) is 43.2 Å². The first-order valence-electron chi connectivity index (χ1n) is 7.77. The van der Waals surface area contributed by atoms with Gasteiger partial charge in [-0.3, -0.25) is 19.9 Å². The molecular weight excluding hydrogens is 324 g/mol. The van der Waals surface area contributed by atoms with E-state index < -0.39 is 0 Å². The summed E-state index contributed by atoms with van der Waals surface area (Å²) in [5.41, 5.74) is 1.32. The molecule has 1 aliphatic heterocycles. The third-order valence-electron chi connectivity index (χ3n) is 3.76. The molecule has 0 radical (unpaired) electrons. The van der Waals surface area contributed by atoms with Crippen LogP contribution < -0.4 is 5.32 Å². The number of anilines is 1. The van der Waals surface area contributed by atoms with Gasteiger partial charge in [0.1, 0.15) is 5.69 Å². The Labute approximate surface area is 144 Å². The Morgan fingerprint density at radius 2 is 2.29 bits per heavy atom. The molecule has 1 N–H and O–H groups in total. The molecule has 0 unspecified atom stereocenters.